The van der Waals surface area contributed by atoms with Gasteiger partial charge in [0, 0.05) is 17.5 Å². The van der Waals surface area contributed by atoms with Crippen molar-refractivity contribution in [3.05, 3.63) is 40.7 Å². The minimum Gasteiger partial charge on any atom is -0.619 e. The summed E-state index contributed by atoms with van der Waals surface area (Å²) in [6, 6.07) is 0. The first kappa shape index (κ1) is 16.0. The van der Waals surface area contributed by atoms with Crippen LogP contribution in [0.3, 0.4) is 0 Å². The molecule has 4 heterocycles. The minimum atomic E-state index is -0.393. The van der Waals surface area contributed by atoms with Crippen LogP contribution in [0.4, 0.5) is 0 Å². The van der Waals surface area contributed by atoms with Gasteiger partial charge >= 0.3 is 0 Å². The summed E-state index contributed by atoms with van der Waals surface area (Å²) >= 11 is 0. The van der Waals surface area contributed by atoms with E-state index in [1.54, 1.807) is 0 Å². The van der Waals surface area contributed by atoms with Crippen LogP contribution in [0.25, 0.3) is 5.82 Å². The minimum absolute atomic E-state index is 0.119. The summed E-state index contributed by atoms with van der Waals surface area (Å²) in [5.74, 6) is 0.0835. The average molecular weight is 343 g/mol. The second-order valence-electron chi connectivity index (χ2n) is 7.63. The first-order valence-corrected chi connectivity index (χ1v) is 8.47. The van der Waals surface area contributed by atoms with Crippen LogP contribution in [0.15, 0.2) is 18.6 Å². The van der Waals surface area contributed by atoms with Crippen LogP contribution in [0, 0.1) is 5.21 Å². The van der Waals surface area contributed by atoms with Crippen molar-refractivity contribution in [3.63, 3.8) is 0 Å². The summed E-state index contributed by atoms with van der Waals surface area (Å²) in [7, 11) is 0. The molecule has 2 bridgehead atoms. The Hall–Kier alpha value is -2.48. The Morgan fingerprint density at radius 3 is 2.96 bits per heavy atom. The molecule has 1 amide bonds. The van der Waals surface area contributed by atoms with Crippen LogP contribution < -0.4 is 10.0 Å². The number of ether oxygens (including phenoxy) is 1. The molecule has 0 aromatic carbocycles. The number of amides is 1. The van der Waals surface area contributed by atoms with Gasteiger partial charge in [0.2, 0.25) is 12.0 Å². The third-order valence-electron chi connectivity index (χ3n) is 4.43. The zero-order valence-corrected chi connectivity index (χ0v) is 14.5. The third-order valence-corrected chi connectivity index (χ3v) is 4.43. The van der Waals surface area contributed by atoms with Crippen molar-refractivity contribution in [3.8, 4) is 5.82 Å². The lowest BCUT2D eigenvalue weighted by atomic mass is 10.0. The van der Waals surface area contributed by atoms with Gasteiger partial charge in [0.25, 0.3) is 5.91 Å². The third kappa shape index (κ3) is 2.86. The highest BCUT2D eigenvalue weighted by molar-refractivity contribution is 5.95. The van der Waals surface area contributed by atoms with Crippen molar-refractivity contribution in [2.24, 2.45) is 0 Å². The van der Waals surface area contributed by atoms with Gasteiger partial charge < -0.3 is 15.3 Å². The van der Waals surface area contributed by atoms with Crippen molar-refractivity contribution in [2.75, 3.05) is 0 Å². The number of aromatic nitrogens is 4. The number of carbonyl (C=O) groups excluding carboxylic acids is 1. The largest absolute Gasteiger partial charge is 0.619 e. The van der Waals surface area contributed by atoms with Crippen LogP contribution in [0.2, 0.25) is 0 Å². The molecule has 2 aromatic heterocycles. The van der Waals surface area contributed by atoms with E-state index in [1.807, 2.05) is 20.8 Å². The van der Waals surface area contributed by atoms with E-state index in [0.29, 0.717) is 22.7 Å². The van der Waals surface area contributed by atoms with E-state index in [4.69, 9.17) is 4.74 Å². The number of nitrogens with zero attached hydrogens (tertiary/aromatic N) is 4. The summed E-state index contributed by atoms with van der Waals surface area (Å²) in [6.07, 6.45) is 6.58. The molecule has 8 nitrogen and oxygen atoms in total. The number of nitrogens with one attached hydrogen (secondary N) is 1. The molecule has 2 unspecified atom stereocenters. The number of rotatable bonds is 2. The fourth-order valence-corrected chi connectivity index (χ4v) is 3.51. The second-order valence-corrected chi connectivity index (χ2v) is 7.63. The number of hydrogen-bond acceptors (Lipinski definition) is 5. The molecular formula is C17H21N5O3. The van der Waals surface area contributed by atoms with Crippen molar-refractivity contribution in [1.29, 1.82) is 0 Å². The summed E-state index contributed by atoms with van der Waals surface area (Å²) in [5, 5.41) is 19.3. The van der Waals surface area contributed by atoms with Gasteiger partial charge in [-0.25, -0.2) is 9.67 Å². The molecule has 2 aliphatic rings. The maximum Gasteiger partial charge on any atom is 0.270 e. The van der Waals surface area contributed by atoms with Gasteiger partial charge in [0.15, 0.2) is 6.20 Å². The lowest BCUT2D eigenvalue weighted by Gasteiger charge is -2.23. The monoisotopic (exact) mass is 343 g/mol. The fourth-order valence-electron chi connectivity index (χ4n) is 3.51. The van der Waals surface area contributed by atoms with Gasteiger partial charge in [-0.2, -0.15) is 9.83 Å². The molecule has 0 spiro atoms. The van der Waals surface area contributed by atoms with Crippen LogP contribution in [0.5, 0.6) is 0 Å². The van der Waals surface area contributed by atoms with Crippen molar-refractivity contribution in [1.82, 2.24) is 20.1 Å². The van der Waals surface area contributed by atoms with Crippen LogP contribution in [-0.2, 0) is 11.2 Å². The topological polar surface area (TPSA) is 96.0 Å². The molecule has 1 fully saturated rings. The quantitative estimate of drug-likeness (QED) is 0.653. The number of carbonyl (C=O) groups is 1. The lowest BCUT2D eigenvalue weighted by molar-refractivity contribution is -0.605. The summed E-state index contributed by atoms with van der Waals surface area (Å²) in [5.41, 5.74) is 1.71. The van der Waals surface area contributed by atoms with Gasteiger partial charge in [-0.1, -0.05) is 0 Å². The van der Waals surface area contributed by atoms with Gasteiger partial charge in [0.05, 0.1) is 24.1 Å². The molecule has 0 saturated carbocycles. The summed E-state index contributed by atoms with van der Waals surface area (Å²) < 4.78 is 8.12. The molecule has 0 aliphatic carbocycles. The van der Waals surface area contributed by atoms with Gasteiger partial charge in [0.1, 0.15) is 5.69 Å². The van der Waals surface area contributed by atoms with Crippen molar-refractivity contribution in [2.45, 2.75) is 57.8 Å². The molecule has 25 heavy (non-hydrogen) atoms. The Labute approximate surface area is 145 Å². The highest BCUT2D eigenvalue weighted by Crippen LogP contribution is 2.42. The van der Waals surface area contributed by atoms with Crippen LogP contribution in [0.1, 0.15) is 61.5 Å². The highest BCUT2D eigenvalue weighted by atomic mass is 16.5. The number of hydrogen-bond donors (Lipinski definition) is 1. The Balaban J connectivity index is 1.87. The van der Waals surface area contributed by atoms with Gasteiger partial charge in [-0.3, -0.25) is 4.79 Å². The summed E-state index contributed by atoms with van der Waals surface area (Å²) in [6.45, 7) is 5.77. The standard InChI is InChI=1S/C17H21N5O3/c1-17(2,3)19-16(23)15-14-11(8-10-4-5-12(14)25-10)20-22(15)13-9-21(24)7-6-18-13/h6-7,9-10,12H,4-5,8H2,1-3H3,(H,19,23). The van der Waals surface area contributed by atoms with Crippen LogP contribution >= 0.6 is 0 Å². The molecule has 2 aliphatic heterocycles. The predicted molar refractivity (Wildman–Crippen MR) is 88.1 cm³/mol. The Morgan fingerprint density at radius 1 is 1.44 bits per heavy atom. The van der Waals surface area contributed by atoms with E-state index >= 15 is 0 Å². The molecule has 8 heteroatoms. The van der Waals surface area contributed by atoms with E-state index in [9.17, 15) is 10.0 Å². The van der Waals surface area contributed by atoms with Gasteiger partial charge in [-0.15, -0.1) is 0 Å². The molecule has 1 saturated heterocycles. The predicted octanol–water partition coefficient (Wildman–Crippen LogP) is 1.21. The first-order valence-electron chi connectivity index (χ1n) is 8.47. The average Bonchev–Trinajstić information content (AvgIpc) is 3.08. The Morgan fingerprint density at radius 2 is 2.24 bits per heavy atom. The molecule has 2 atom stereocenters. The maximum atomic E-state index is 13.0. The second kappa shape index (κ2) is 5.52. The molecule has 0 radical (unpaired) electrons. The highest BCUT2D eigenvalue weighted by Gasteiger charge is 2.41. The Bertz CT molecular complexity index is 839. The van der Waals surface area contributed by atoms with Gasteiger partial charge in [-0.05, 0) is 33.6 Å². The zero-order chi connectivity index (χ0) is 17.8. The molecule has 2 aromatic rings. The van der Waals surface area contributed by atoms with Crippen LogP contribution in [-0.4, -0.2) is 32.3 Å². The summed E-state index contributed by atoms with van der Waals surface area (Å²) in [4.78, 5) is 17.2. The Kier molecular flexibility index (Phi) is 3.54. The van der Waals surface area contributed by atoms with E-state index in [-0.39, 0.29) is 18.1 Å². The maximum absolute atomic E-state index is 13.0. The smallest absolute Gasteiger partial charge is 0.270 e. The van der Waals surface area contributed by atoms with E-state index in [2.05, 4.69) is 15.4 Å². The molecule has 1 N–H and O–H groups in total. The zero-order valence-electron chi connectivity index (χ0n) is 14.5. The normalized spacial score (nSPS) is 21.9. The van der Waals surface area contributed by atoms with E-state index < -0.39 is 5.54 Å². The van der Waals surface area contributed by atoms with Crippen molar-refractivity contribution >= 4 is 5.91 Å². The van der Waals surface area contributed by atoms with E-state index in [1.165, 1.54) is 23.3 Å². The SMILES string of the molecule is CC(C)(C)NC(=O)c1c2c(nn1-c1c[n+]([O-])ccn1)CC1CCC2O1. The molecule has 4 rings (SSSR count). The fraction of sp³-hybridized carbons (Fsp3) is 0.529. The molecule has 132 valence electrons. The number of fused-ring (bicyclic) bond motifs is 4. The first-order chi connectivity index (χ1) is 11.8. The van der Waals surface area contributed by atoms with Crippen molar-refractivity contribution < 1.29 is 14.3 Å². The lowest BCUT2D eigenvalue weighted by Crippen LogP contribution is -2.42. The molecular weight excluding hydrogens is 322 g/mol. The van der Waals surface area contributed by atoms with E-state index in [0.717, 1.165) is 24.1 Å².